The summed E-state index contributed by atoms with van der Waals surface area (Å²) in [6.07, 6.45) is 12.7. The van der Waals surface area contributed by atoms with Gasteiger partial charge in [-0.05, 0) is 30.9 Å². The first-order chi connectivity index (χ1) is 7.20. The second kappa shape index (κ2) is 8.05. The highest BCUT2D eigenvalue weighted by Gasteiger charge is 2.00. The van der Waals surface area contributed by atoms with Crippen LogP contribution in [0.3, 0.4) is 0 Å². The minimum Gasteiger partial charge on any atom is -0.0961 e. The topological polar surface area (TPSA) is 0 Å². The van der Waals surface area contributed by atoms with E-state index >= 15 is 0 Å². The summed E-state index contributed by atoms with van der Waals surface area (Å²) in [6, 6.07) is 0. The summed E-state index contributed by atoms with van der Waals surface area (Å²) >= 11 is 0. The second-order valence-electron chi connectivity index (χ2n) is 3.36. The molecule has 0 atom stereocenters. The average molecular weight is 202 g/mol. The monoisotopic (exact) mass is 202 g/mol. The first kappa shape index (κ1) is 13.7. The van der Waals surface area contributed by atoms with Gasteiger partial charge >= 0.3 is 0 Å². The molecule has 0 heteroatoms. The van der Waals surface area contributed by atoms with Crippen LogP contribution in [-0.4, -0.2) is 0 Å². The predicted octanol–water partition coefficient (Wildman–Crippen LogP) is 4.98. The van der Waals surface area contributed by atoms with Crippen LogP contribution in [0.4, 0.5) is 0 Å². The SMILES string of the molecule is C=C(C)/C=C\C(=C)C1=CC=CCC1.CC. The zero-order valence-corrected chi connectivity index (χ0v) is 10.2. The van der Waals surface area contributed by atoms with Crippen LogP contribution in [0.25, 0.3) is 0 Å². The molecule has 0 spiro atoms. The third kappa shape index (κ3) is 5.90. The van der Waals surface area contributed by atoms with Crippen molar-refractivity contribution in [2.75, 3.05) is 0 Å². The second-order valence-corrected chi connectivity index (χ2v) is 3.36. The molecule has 0 fully saturated rings. The van der Waals surface area contributed by atoms with Crippen LogP contribution in [0, 0.1) is 0 Å². The van der Waals surface area contributed by atoms with E-state index in [1.807, 2.05) is 32.9 Å². The molecule has 0 unspecified atom stereocenters. The molecule has 15 heavy (non-hydrogen) atoms. The lowest BCUT2D eigenvalue weighted by Gasteiger charge is -2.08. The van der Waals surface area contributed by atoms with E-state index in [-0.39, 0.29) is 0 Å². The molecule has 0 saturated carbocycles. The van der Waals surface area contributed by atoms with Crippen molar-refractivity contribution in [2.45, 2.75) is 33.6 Å². The Labute approximate surface area is 94.4 Å². The molecule has 1 rings (SSSR count). The molecule has 0 saturated heterocycles. The fraction of sp³-hybridized carbons (Fsp3) is 0.333. The van der Waals surface area contributed by atoms with Crippen molar-refractivity contribution in [1.82, 2.24) is 0 Å². The molecule has 0 aromatic rings. The third-order valence-electron chi connectivity index (χ3n) is 2.00. The van der Waals surface area contributed by atoms with E-state index < -0.39 is 0 Å². The molecule has 0 nitrogen and oxygen atoms in total. The van der Waals surface area contributed by atoms with Gasteiger partial charge in [0.15, 0.2) is 0 Å². The van der Waals surface area contributed by atoms with E-state index in [9.17, 15) is 0 Å². The van der Waals surface area contributed by atoms with Gasteiger partial charge in [0.2, 0.25) is 0 Å². The molecular weight excluding hydrogens is 180 g/mol. The molecule has 0 radical (unpaired) electrons. The summed E-state index contributed by atoms with van der Waals surface area (Å²) in [4.78, 5) is 0. The smallest absolute Gasteiger partial charge is 0.0238 e. The molecule has 0 amide bonds. The van der Waals surface area contributed by atoms with Crippen molar-refractivity contribution in [2.24, 2.45) is 0 Å². The summed E-state index contributed by atoms with van der Waals surface area (Å²) in [7, 11) is 0. The summed E-state index contributed by atoms with van der Waals surface area (Å²) in [5, 5.41) is 0. The Kier molecular flexibility index (Phi) is 7.35. The van der Waals surface area contributed by atoms with Crippen molar-refractivity contribution in [1.29, 1.82) is 0 Å². The van der Waals surface area contributed by atoms with E-state index in [0.717, 1.165) is 24.0 Å². The highest BCUT2D eigenvalue weighted by atomic mass is 14.1. The molecule has 1 aliphatic carbocycles. The van der Waals surface area contributed by atoms with E-state index in [2.05, 4.69) is 31.4 Å². The Bertz CT molecular complexity index is 298. The highest BCUT2D eigenvalue weighted by molar-refractivity contribution is 5.42. The van der Waals surface area contributed by atoms with Gasteiger partial charge in [-0.15, -0.1) is 0 Å². The molecule has 0 aromatic heterocycles. The van der Waals surface area contributed by atoms with Crippen LogP contribution in [0.1, 0.15) is 33.6 Å². The van der Waals surface area contributed by atoms with Crippen LogP contribution < -0.4 is 0 Å². The Morgan fingerprint density at radius 3 is 2.40 bits per heavy atom. The quantitative estimate of drug-likeness (QED) is 0.566. The summed E-state index contributed by atoms with van der Waals surface area (Å²) in [6.45, 7) is 13.8. The van der Waals surface area contributed by atoms with Gasteiger partial charge in [0.25, 0.3) is 0 Å². The van der Waals surface area contributed by atoms with Crippen LogP contribution in [0.15, 0.2) is 60.3 Å². The summed E-state index contributed by atoms with van der Waals surface area (Å²) < 4.78 is 0. The van der Waals surface area contributed by atoms with Crippen LogP contribution in [0.5, 0.6) is 0 Å². The van der Waals surface area contributed by atoms with Gasteiger partial charge < -0.3 is 0 Å². The van der Waals surface area contributed by atoms with Gasteiger partial charge in [-0.1, -0.05) is 63.0 Å². The largest absolute Gasteiger partial charge is 0.0961 e. The fourth-order valence-electron chi connectivity index (χ4n) is 1.22. The van der Waals surface area contributed by atoms with E-state index in [4.69, 9.17) is 0 Å². The van der Waals surface area contributed by atoms with Crippen molar-refractivity contribution >= 4 is 0 Å². The Morgan fingerprint density at radius 1 is 1.27 bits per heavy atom. The molecule has 0 heterocycles. The van der Waals surface area contributed by atoms with Crippen molar-refractivity contribution in [3.8, 4) is 0 Å². The van der Waals surface area contributed by atoms with E-state index in [0.29, 0.717) is 0 Å². The number of allylic oxidation sites excluding steroid dienone is 8. The lowest BCUT2D eigenvalue weighted by atomic mass is 9.98. The van der Waals surface area contributed by atoms with Gasteiger partial charge in [-0.3, -0.25) is 0 Å². The minimum atomic E-state index is 1.06. The highest BCUT2D eigenvalue weighted by Crippen LogP contribution is 2.19. The summed E-state index contributed by atoms with van der Waals surface area (Å²) in [5.74, 6) is 0. The Morgan fingerprint density at radius 2 is 1.93 bits per heavy atom. The fourth-order valence-corrected chi connectivity index (χ4v) is 1.22. The zero-order valence-electron chi connectivity index (χ0n) is 10.2. The van der Waals surface area contributed by atoms with Crippen molar-refractivity contribution < 1.29 is 0 Å². The normalized spacial score (nSPS) is 14.2. The number of hydrogen-bond acceptors (Lipinski definition) is 0. The summed E-state index contributed by atoms with van der Waals surface area (Å²) in [5.41, 5.74) is 3.50. The minimum absolute atomic E-state index is 1.06. The molecule has 0 aromatic carbocycles. The zero-order chi connectivity index (χ0) is 11.7. The van der Waals surface area contributed by atoms with Gasteiger partial charge in [0.1, 0.15) is 0 Å². The predicted molar refractivity (Wildman–Crippen MR) is 70.9 cm³/mol. The van der Waals surface area contributed by atoms with E-state index in [1.54, 1.807) is 0 Å². The van der Waals surface area contributed by atoms with Crippen molar-refractivity contribution in [3.63, 3.8) is 0 Å². The maximum atomic E-state index is 4.02. The maximum absolute atomic E-state index is 4.02. The van der Waals surface area contributed by atoms with Crippen molar-refractivity contribution in [3.05, 3.63) is 60.3 Å². The first-order valence-electron chi connectivity index (χ1n) is 5.58. The standard InChI is InChI=1S/C13H16.C2H6/c1-11(2)9-10-12(3)13-7-5-4-6-8-13;1-2/h4-5,7,9-10H,1,3,6,8H2,2H3;1-2H3/b10-9-;. The number of hydrogen-bond donors (Lipinski definition) is 0. The lowest BCUT2D eigenvalue weighted by molar-refractivity contribution is 0.979. The molecule has 0 aliphatic heterocycles. The lowest BCUT2D eigenvalue weighted by Crippen LogP contribution is -1.88. The molecule has 1 aliphatic rings. The van der Waals surface area contributed by atoms with Gasteiger partial charge in [0, 0.05) is 0 Å². The molecule has 82 valence electrons. The van der Waals surface area contributed by atoms with Gasteiger partial charge in [-0.25, -0.2) is 0 Å². The number of rotatable bonds is 3. The van der Waals surface area contributed by atoms with Crippen LogP contribution in [0.2, 0.25) is 0 Å². The molecule has 0 N–H and O–H groups in total. The first-order valence-corrected chi connectivity index (χ1v) is 5.58. The average Bonchev–Trinajstić information content (AvgIpc) is 2.30. The molecule has 0 bridgehead atoms. The van der Waals surface area contributed by atoms with Gasteiger partial charge in [-0.2, -0.15) is 0 Å². The van der Waals surface area contributed by atoms with Crippen LogP contribution in [-0.2, 0) is 0 Å². The van der Waals surface area contributed by atoms with Gasteiger partial charge in [0.05, 0.1) is 0 Å². The Hall–Kier alpha value is -1.30. The molecular formula is C15H22. The Balaban J connectivity index is 0.000000921. The van der Waals surface area contributed by atoms with Crippen LogP contribution >= 0.6 is 0 Å². The van der Waals surface area contributed by atoms with E-state index in [1.165, 1.54) is 5.57 Å². The maximum Gasteiger partial charge on any atom is -0.0238 e. The third-order valence-corrected chi connectivity index (χ3v) is 2.00.